The molecule has 0 aliphatic carbocycles. The second kappa shape index (κ2) is 6.23. The lowest BCUT2D eigenvalue weighted by Crippen LogP contribution is -2.45. The molecule has 0 fully saturated rings. The van der Waals surface area contributed by atoms with Crippen LogP contribution in [-0.4, -0.2) is 41.7 Å². The van der Waals surface area contributed by atoms with E-state index in [2.05, 4.69) is 23.2 Å². The van der Waals surface area contributed by atoms with E-state index >= 15 is 0 Å². The van der Waals surface area contributed by atoms with Crippen molar-refractivity contribution in [3.8, 4) is 0 Å². The summed E-state index contributed by atoms with van der Waals surface area (Å²) in [6, 6.07) is 7.62. The first-order valence-electron chi connectivity index (χ1n) is 7.47. The zero-order chi connectivity index (χ0) is 18.4. The number of aliphatic imine (C=N–C) groups is 1. The van der Waals surface area contributed by atoms with Crippen molar-refractivity contribution in [1.82, 2.24) is 4.90 Å². The molecule has 2 aliphatic rings. The lowest BCUT2D eigenvalue weighted by atomic mass is 10.0. The minimum atomic E-state index is -3.64. The molecular formula is C16H16N4O3S2. The Hall–Kier alpha value is -2.26. The number of amidine groups is 3. The summed E-state index contributed by atoms with van der Waals surface area (Å²) in [4.78, 5) is 17.2. The fourth-order valence-corrected chi connectivity index (χ4v) is 4.23. The number of sulfone groups is 1. The van der Waals surface area contributed by atoms with Gasteiger partial charge in [-0.1, -0.05) is 38.1 Å². The van der Waals surface area contributed by atoms with Gasteiger partial charge in [-0.3, -0.25) is 10.2 Å². The predicted molar refractivity (Wildman–Crippen MR) is 100 cm³/mol. The second-order valence-corrected chi connectivity index (χ2v) is 8.64. The van der Waals surface area contributed by atoms with E-state index in [4.69, 9.17) is 5.41 Å². The number of amides is 1. The topological polar surface area (TPSA) is 103 Å². The molecule has 1 aromatic rings. The van der Waals surface area contributed by atoms with Crippen molar-refractivity contribution in [1.29, 1.82) is 5.41 Å². The van der Waals surface area contributed by atoms with Crippen molar-refractivity contribution in [3.63, 3.8) is 0 Å². The molecule has 2 heterocycles. The first-order valence-corrected chi connectivity index (χ1v) is 10.1. The molecule has 0 aromatic heterocycles. The van der Waals surface area contributed by atoms with Crippen molar-refractivity contribution in [3.05, 3.63) is 41.0 Å². The van der Waals surface area contributed by atoms with E-state index in [-0.39, 0.29) is 21.7 Å². The van der Waals surface area contributed by atoms with Gasteiger partial charge in [0, 0.05) is 6.26 Å². The van der Waals surface area contributed by atoms with E-state index in [0.717, 1.165) is 34.2 Å². The van der Waals surface area contributed by atoms with Crippen molar-refractivity contribution in [2.24, 2.45) is 9.39 Å². The highest BCUT2D eigenvalue weighted by Crippen LogP contribution is 2.29. The Morgan fingerprint density at radius 3 is 2.44 bits per heavy atom. The van der Waals surface area contributed by atoms with E-state index in [1.165, 1.54) is 6.08 Å². The largest absolute Gasteiger partial charge is 0.283 e. The average Bonchev–Trinajstić information content (AvgIpc) is 2.96. The highest BCUT2D eigenvalue weighted by molar-refractivity contribution is 8.16. The molecule has 0 bridgehead atoms. The summed E-state index contributed by atoms with van der Waals surface area (Å²) in [5, 5.41) is 8.07. The molecule has 7 nitrogen and oxygen atoms in total. The molecule has 0 saturated carbocycles. The standard InChI is InChI=1S/C16H16N4O3S2/c1-9(2)11-6-4-10(5-7-11)8-12-13(17)20-15(18-14(12)21)24-19-16(20)25(3,22)23/h4-9,17H,1-3H3/b12-8-,17-13?. The van der Waals surface area contributed by atoms with Crippen LogP contribution in [0.2, 0.25) is 0 Å². The summed E-state index contributed by atoms with van der Waals surface area (Å²) >= 11 is 0.778. The number of carbonyl (C=O) groups is 1. The maximum absolute atomic E-state index is 12.2. The normalized spacial score (nSPS) is 19.4. The van der Waals surface area contributed by atoms with Crippen LogP contribution in [0.25, 0.3) is 6.08 Å². The van der Waals surface area contributed by atoms with Crippen LogP contribution in [0.15, 0.2) is 39.2 Å². The van der Waals surface area contributed by atoms with Gasteiger partial charge in [0.2, 0.25) is 20.2 Å². The number of hydrogen-bond acceptors (Lipinski definition) is 6. The lowest BCUT2D eigenvalue weighted by Gasteiger charge is -2.23. The van der Waals surface area contributed by atoms with Crippen LogP contribution in [-0.2, 0) is 14.6 Å². The zero-order valence-electron chi connectivity index (χ0n) is 13.8. The molecule has 130 valence electrons. The van der Waals surface area contributed by atoms with Crippen LogP contribution in [0.1, 0.15) is 30.9 Å². The Morgan fingerprint density at radius 2 is 1.88 bits per heavy atom. The Kier molecular flexibility index (Phi) is 4.38. The molecule has 1 N–H and O–H groups in total. The molecule has 0 spiro atoms. The van der Waals surface area contributed by atoms with Crippen LogP contribution < -0.4 is 0 Å². The van der Waals surface area contributed by atoms with E-state index in [0.29, 0.717) is 5.92 Å². The Labute approximate surface area is 150 Å². The number of nitrogens with zero attached hydrogens (tertiary/aromatic N) is 3. The summed E-state index contributed by atoms with van der Waals surface area (Å²) in [5.41, 5.74) is 1.93. The molecule has 0 unspecified atom stereocenters. The second-order valence-electron chi connectivity index (χ2n) is 6.00. The summed E-state index contributed by atoms with van der Waals surface area (Å²) in [7, 11) is -3.64. The van der Waals surface area contributed by atoms with Gasteiger partial charge in [-0.2, -0.15) is 9.39 Å². The molecule has 9 heteroatoms. The molecule has 25 heavy (non-hydrogen) atoms. The molecule has 0 atom stereocenters. The minimum Gasteiger partial charge on any atom is -0.283 e. The highest BCUT2D eigenvalue weighted by Gasteiger charge is 2.41. The highest BCUT2D eigenvalue weighted by atomic mass is 32.2. The predicted octanol–water partition coefficient (Wildman–Crippen LogP) is 2.43. The number of benzene rings is 1. The van der Waals surface area contributed by atoms with Crippen LogP contribution in [0.3, 0.4) is 0 Å². The van der Waals surface area contributed by atoms with Gasteiger partial charge in [0.25, 0.3) is 5.91 Å². The maximum atomic E-state index is 12.2. The van der Waals surface area contributed by atoms with Gasteiger partial charge < -0.3 is 0 Å². The fourth-order valence-electron chi connectivity index (χ4n) is 2.38. The van der Waals surface area contributed by atoms with Gasteiger partial charge in [-0.25, -0.2) is 13.3 Å². The summed E-state index contributed by atoms with van der Waals surface area (Å²) < 4.78 is 27.5. The van der Waals surface area contributed by atoms with Gasteiger partial charge in [-0.15, -0.1) is 0 Å². The van der Waals surface area contributed by atoms with Crippen molar-refractivity contribution < 1.29 is 13.2 Å². The average molecular weight is 376 g/mol. The Bertz CT molecular complexity index is 958. The number of hydrogen-bond donors (Lipinski definition) is 1. The van der Waals surface area contributed by atoms with Gasteiger partial charge >= 0.3 is 0 Å². The molecule has 2 aliphatic heterocycles. The first-order chi connectivity index (χ1) is 11.7. The molecule has 0 radical (unpaired) electrons. The van der Waals surface area contributed by atoms with Crippen LogP contribution in [0.4, 0.5) is 0 Å². The van der Waals surface area contributed by atoms with Crippen LogP contribution >= 0.6 is 11.9 Å². The minimum absolute atomic E-state index is 0.0277. The first kappa shape index (κ1) is 17.6. The van der Waals surface area contributed by atoms with E-state index in [1.807, 2.05) is 24.3 Å². The number of carbonyl (C=O) groups excluding carboxylic acids is 1. The van der Waals surface area contributed by atoms with Gasteiger partial charge in [0.1, 0.15) is 5.84 Å². The third-order valence-corrected chi connectivity index (χ3v) is 5.49. The number of nitrogens with one attached hydrogen (secondary N) is 1. The van der Waals surface area contributed by atoms with Gasteiger partial charge in [-0.05, 0) is 23.1 Å². The van der Waals surface area contributed by atoms with Gasteiger partial charge in [0.05, 0.1) is 17.5 Å². The SMILES string of the molecule is CC(C)c1ccc(/C=C2/C(=N)N3C(=NC2=O)SN=C3S(C)(=O)=O)cc1. The fraction of sp³-hybridized carbons (Fsp3) is 0.250. The Balaban J connectivity index is 1.99. The van der Waals surface area contributed by atoms with E-state index in [1.54, 1.807) is 0 Å². The van der Waals surface area contributed by atoms with Gasteiger partial charge in [0.15, 0.2) is 0 Å². The van der Waals surface area contributed by atoms with Crippen LogP contribution in [0, 0.1) is 5.41 Å². The van der Waals surface area contributed by atoms with E-state index in [9.17, 15) is 13.2 Å². The summed E-state index contributed by atoms with van der Waals surface area (Å²) in [5.74, 6) is -0.433. The Morgan fingerprint density at radius 1 is 1.24 bits per heavy atom. The quantitative estimate of drug-likeness (QED) is 0.631. The summed E-state index contributed by atoms with van der Waals surface area (Å²) in [6.45, 7) is 4.17. The third kappa shape index (κ3) is 3.29. The van der Waals surface area contributed by atoms with E-state index < -0.39 is 15.7 Å². The van der Waals surface area contributed by atoms with Crippen molar-refractivity contribution in [2.45, 2.75) is 19.8 Å². The van der Waals surface area contributed by atoms with Crippen LogP contribution in [0.5, 0.6) is 0 Å². The lowest BCUT2D eigenvalue weighted by molar-refractivity contribution is -0.114. The molecule has 1 aromatic carbocycles. The monoisotopic (exact) mass is 376 g/mol. The van der Waals surface area contributed by atoms with Crippen molar-refractivity contribution in [2.75, 3.05) is 6.26 Å². The molecule has 1 amide bonds. The zero-order valence-corrected chi connectivity index (χ0v) is 15.5. The molecule has 3 rings (SSSR count). The molecular weight excluding hydrogens is 360 g/mol. The maximum Gasteiger partial charge on any atom is 0.283 e. The summed E-state index contributed by atoms with van der Waals surface area (Å²) in [6.07, 6.45) is 2.55. The van der Waals surface area contributed by atoms with Crippen molar-refractivity contribution >= 4 is 49.9 Å². The third-order valence-electron chi connectivity index (χ3n) is 3.74. The number of rotatable bonds is 2. The number of fused-ring (bicyclic) bond motifs is 1. The smallest absolute Gasteiger partial charge is 0.283 e. The molecule has 0 saturated heterocycles.